The Labute approximate surface area is 127 Å². The molecule has 4 heteroatoms. The van der Waals surface area contributed by atoms with Crippen molar-refractivity contribution in [2.24, 2.45) is 0 Å². The minimum absolute atomic E-state index is 0. The van der Waals surface area contributed by atoms with Crippen LogP contribution >= 0.6 is 27.0 Å². The van der Waals surface area contributed by atoms with Gasteiger partial charge in [0.15, 0.2) is 0 Å². The third-order valence-corrected chi connectivity index (χ3v) is 2.44. The van der Waals surface area contributed by atoms with Gasteiger partial charge in [0.1, 0.15) is 5.75 Å². The number of benzene rings is 2. The Hall–Kier alpha value is -1.39. The van der Waals surface area contributed by atoms with E-state index in [-0.39, 0.29) is 33.0 Å². The highest BCUT2D eigenvalue weighted by Crippen LogP contribution is 2.10. The monoisotopic (exact) mass is 294 g/mol. The Morgan fingerprint density at radius 1 is 0.842 bits per heavy atom. The van der Waals surface area contributed by atoms with Gasteiger partial charge in [-0.1, -0.05) is 48.5 Å². The molecule has 0 aliphatic rings. The Bertz CT molecular complexity index is 472. The van der Waals surface area contributed by atoms with Crippen molar-refractivity contribution in [1.82, 2.24) is 0 Å². The third kappa shape index (κ3) is 6.36. The number of aryl methyl sites for hydroxylation is 1. The van der Waals surface area contributed by atoms with Crippen LogP contribution in [0.4, 0.5) is 0 Å². The standard InChI is InChI=1S/C15H14O2.2H2S/c16-15(17-14-9-5-2-6-10-14)12-11-13-7-3-1-4-8-13;;/h1-10H,11-12H2;2*1H2. The van der Waals surface area contributed by atoms with E-state index in [2.05, 4.69) is 0 Å². The second kappa shape index (κ2) is 9.53. The first kappa shape index (κ1) is 17.6. The van der Waals surface area contributed by atoms with Crippen LogP contribution < -0.4 is 4.74 Å². The Balaban J connectivity index is 0.00000162. The van der Waals surface area contributed by atoms with Crippen LogP contribution in [0.2, 0.25) is 0 Å². The summed E-state index contributed by atoms with van der Waals surface area (Å²) in [5.74, 6) is 0.408. The molecule has 19 heavy (non-hydrogen) atoms. The molecule has 0 saturated carbocycles. The van der Waals surface area contributed by atoms with Gasteiger partial charge in [-0.15, -0.1) is 0 Å². The van der Waals surface area contributed by atoms with Gasteiger partial charge in [0.2, 0.25) is 0 Å². The normalized spacial score (nSPS) is 8.84. The maximum atomic E-state index is 11.6. The molecule has 2 nitrogen and oxygen atoms in total. The maximum absolute atomic E-state index is 11.6. The molecule has 0 unspecified atom stereocenters. The molecule has 0 N–H and O–H groups in total. The molecule has 0 amide bonds. The Morgan fingerprint density at radius 2 is 1.37 bits per heavy atom. The number of carbonyl (C=O) groups excluding carboxylic acids is 1. The van der Waals surface area contributed by atoms with Crippen molar-refractivity contribution >= 4 is 33.0 Å². The minimum Gasteiger partial charge on any atom is -0.427 e. The van der Waals surface area contributed by atoms with Crippen molar-refractivity contribution in [1.29, 1.82) is 0 Å². The second-order valence-corrected chi connectivity index (χ2v) is 3.77. The van der Waals surface area contributed by atoms with Gasteiger partial charge in [0, 0.05) is 6.42 Å². The molecule has 2 aromatic rings. The van der Waals surface area contributed by atoms with E-state index >= 15 is 0 Å². The number of hydrogen-bond acceptors (Lipinski definition) is 2. The molecule has 2 aromatic carbocycles. The van der Waals surface area contributed by atoms with Crippen molar-refractivity contribution in [2.45, 2.75) is 12.8 Å². The SMILES string of the molecule is O=C(CCc1ccccc1)Oc1ccccc1.S.S. The molecule has 0 aliphatic carbocycles. The van der Waals surface area contributed by atoms with Crippen LogP contribution in [0.25, 0.3) is 0 Å². The first-order chi connectivity index (χ1) is 8.34. The topological polar surface area (TPSA) is 26.3 Å². The molecule has 0 spiro atoms. The van der Waals surface area contributed by atoms with E-state index in [1.54, 1.807) is 12.1 Å². The van der Waals surface area contributed by atoms with Crippen molar-refractivity contribution in [3.05, 3.63) is 66.2 Å². The molecule has 0 fully saturated rings. The molecule has 0 aromatic heterocycles. The van der Waals surface area contributed by atoms with E-state index in [1.165, 1.54) is 0 Å². The summed E-state index contributed by atoms with van der Waals surface area (Å²) in [6.07, 6.45) is 1.12. The lowest BCUT2D eigenvalue weighted by Gasteiger charge is -2.03. The van der Waals surface area contributed by atoms with Gasteiger partial charge in [-0.05, 0) is 24.1 Å². The fraction of sp³-hybridized carbons (Fsp3) is 0.133. The van der Waals surface area contributed by atoms with Crippen LogP contribution in [0, 0.1) is 0 Å². The predicted octanol–water partition coefficient (Wildman–Crippen LogP) is 3.45. The summed E-state index contributed by atoms with van der Waals surface area (Å²) in [7, 11) is 0. The third-order valence-electron chi connectivity index (χ3n) is 2.44. The highest BCUT2D eigenvalue weighted by atomic mass is 32.1. The highest BCUT2D eigenvalue weighted by Gasteiger charge is 2.04. The van der Waals surface area contributed by atoms with Gasteiger partial charge in [-0.2, -0.15) is 27.0 Å². The Kier molecular flexibility index (Phi) is 8.83. The number of para-hydroxylation sites is 1. The number of hydrogen-bond donors (Lipinski definition) is 0. The molecule has 0 bridgehead atoms. The summed E-state index contributed by atoms with van der Waals surface area (Å²) in [6, 6.07) is 19.1. The van der Waals surface area contributed by atoms with Gasteiger partial charge in [-0.25, -0.2) is 0 Å². The highest BCUT2D eigenvalue weighted by molar-refractivity contribution is 7.59. The van der Waals surface area contributed by atoms with E-state index in [9.17, 15) is 4.79 Å². The lowest BCUT2D eigenvalue weighted by Crippen LogP contribution is -2.08. The molecule has 102 valence electrons. The smallest absolute Gasteiger partial charge is 0.311 e. The van der Waals surface area contributed by atoms with Gasteiger partial charge in [0.25, 0.3) is 0 Å². The molecular weight excluding hydrogens is 276 g/mol. The van der Waals surface area contributed by atoms with Crippen LogP contribution in [-0.4, -0.2) is 5.97 Å². The van der Waals surface area contributed by atoms with E-state index in [0.29, 0.717) is 18.6 Å². The molecule has 0 aliphatic heterocycles. The maximum Gasteiger partial charge on any atom is 0.311 e. The number of esters is 1. The van der Waals surface area contributed by atoms with E-state index in [4.69, 9.17) is 4.74 Å². The van der Waals surface area contributed by atoms with Crippen molar-refractivity contribution in [3.63, 3.8) is 0 Å². The zero-order chi connectivity index (χ0) is 11.9. The number of carbonyl (C=O) groups is 1. The van der Waals surface area contributed by atoms with Crippen LogP contribution in [0.15, 0.2) is 60.7 Å². The zero-order valence-electron chi connectivity index (χ0n) is 10.5. The summed E-state index contributed by atoms with van der Waals surface area (Å²) in [4.78, 5) is 11.6. The molecule has 0 heterocycles. The molecule has 0 atom stereocenters. The molecule has 0 radical (unpaired) electrons. The van der Waals surface area contributed by atoms with Crippen molar-refractivity contribution in [2.75, 3.05) is 0 Å². The lowest BCUT2D eigenvalue weighted by molar-refractivity contribution is -0.134. The summed E-state index contributed by atoms with van der Waals surface area (Å²) < 4.78 is 5.20. The summed E-state index contributed by atoms with van der Waals surface area (Å²) >= 11 is 0. The van der Waals surface area contributed by atoms with Crippen LogP contribution in [0.3, 0.4) is 0 Å². The van der Waals surface area contributed by atoms with E-state index in [1.807, 2.05) is 48.5 Å². The number of rotatable bonds is 4. The average molecular weight is 294 g/mol. The Morgan fingerprint density at radius 3 is 1.95 bits per heavy atom. The van der Waals surface area contributed by atoms with Crippen molar-refractivity contribution in [3.8, 4) is 5.75 Å². The van der Waals surface area contributed by atoms with Crippen molar-refractivity contribution < 1.29 is 9.53 Å². The fourth-order valence-electron chi connectivity index (χ4n) is 1.56. The van der Waals surface area contributed by atoms with Gasteiger partial charge >= 0.3 is 5.97 Å². The predicted molar refractivity (Wildman–Crippen MR) is 87.6 cm³/mol. The summed E-state index contributed by atoms with van der Waals surface area (Å²) in [6.45, 7) is 0. The number of ether oxygens (including phenoxy) is 1. The van der Waals surface area contributed by atoms with E-state index < -0.39 is 0 Å². The molecular formula is C15H18O2S2. The van der Waals surface area contributed by atoms with Gasteiger partial charge in [-0.3, -0.25) is 4.79 Å². The van der Waals surface area contributed by atoms with Gasteiger partial charge in [0.05, 0.1) is 0 Å². The molecule has 0 saturated heterocycles. The lowest BCUT2D eigenvalue weighted by atomic mass is 10.1. The van der Waals surface area contributed by atoms with Crippen LogP contribution in [0.5, 0.6) is 5.75 Å². The van der Waals surface area contributed by atoms with E-state index in [0.717, 1.165) is 5.56 Å². The van der Waals surface area contributed by atoms with Gasteiger partial charge < -0.3 is 4.74 Å². The zero-order valence-corrected chi connectivity index (χ0v) is 12.5. The summed E-state index contributed by atoms with van der Waals surface area (Å²) in [5.41, 5.74) is 1.15. The minimum atomic E-state index is -0.194. The fourth-order valence-corrected chi connectivity index (χ4v) is 1.56. The summed E-state index contributed by atoms with van der Waals surface area (Å²) in [5, 5.41) is 0. The largest absolute Gasteiger partial charge is 0.427 e. The quantitative estimate of drug-likeness (QED) is 0.638. The molecule has 2 rings (SSSR count). The second-order valence-electron chi connectivity index (χ2n) is 3.77. The first-order valence-corrected chi connectivity index (χ1v) is 5.64. The first-order valence-electron chi connectivity index (χ1n) is 5.64. The average Bonchev–Trinajstić information content (AvgIpc) is 2.39. The van der Waals surface area contributed by atoms with Crippen LogP contribution in [-0.2, 0) is 11.2 Å². The van der Waals surface area contributed by atoms with Crippen LogP contribution in [0.1, 0.15) is 12.0 Å².